The third kappa shape index (κ3) is 2.82. The molecule has 1 heterocycles. The summed E-state index contributed by atoms with van der Waals surface area (Å²) in [6.07, 6.45) is 6.85. The number of methoxy groups -OCH3 is 1. The van der Waals surface area contributed by atoms with Gasteiger partial charge in [0.25, 0.3) is 0 Å². The molecule has 0 aliphatic rings. The van der Waals surface area contributed by atoms with Crippen LogP contribution in [0.2, 0.25) is 0 Å². The molecule has 1 aromatic heterocycles. The smallest absolute Gasteiger partial charge is 0.219 e. The minimum Gasteiger partial charge on any atom is -0.494 e. The van der Waals surface area contributed by atoms with Crippen LogP contribution in [0, 0.1) is 5.82 Å². The highest BCUT2D eigenvalue weighted by atomic mass is 19.1. The Morgan fingerprint density at radius 2 is 1.83 bits per heavy atom. The summed E-state index contributed by atoms with van der Waals surface area (Å²) in [5.74, 6) is 0.0618. The first-order valence-electron chi connectivity index (χ1n) is 5.28. The summed E-state index contributed by atoms with van der Waals surface area (Å²) in [6.45, 7) is 0. The van der Waals surface area contributed by atoms with Crippen molar-refractivity contribution in [3.8, 4) is 5.75 Å². The average molecular weight is 245 g/mol. The second-order valence-corrected chi connectivity index (χ2v) is 3.60. The van der Waals surface area contributed by atoms with E-state index >= 15 is 0 Å². The molecule has 0 aliphatic heterocycles. The van der Waals surface area contributed by atoms with Crippen molar-refractivity contribution >= 4 is 18.1 Å². The maximum Gasteiger partial charge on any atom is 0.219 e. The summed E-state index contributed by atoms with van der Waals surface area (Å²) in [7, 11) is 1.43. The highest BCUT2D eigenvalue weighted by Crippen LogP contribution is 2.19. The summed E-state index contributed by atoms with van der Waals surface area (Å²) < 4.78 is 18.1. The van der Waals surface area contributed by atoms with Gasteiger partial charge in [0.2, 0.25) is 5.95 Å². The van der Waals surface area contributed by atoms with Gasteiger partial charge < -0.3 is 10.5 Å². The Kier molecular flexibility index (Phi) is 3.52. The van der Waals surface area contributed by atoms with Gasteiger partial charge in [0.15, 0.2) is 11.6 Å². The Labute approximate surface area is 104 Å². The van der Waals surface area contributed by atoms with Gasteiger partial charge in [-0.25, -0.2) is 14.4 Å². The first-order valence-corrected chi connectivity index (χ1v) is 5.28. The first kappa shape index (κ1) is 12.0. The van der Waals surface area contributed by atoms with Gasteiger partial charge in [-0.1, -0.05) is 18.2 Å². The van der Waals surface area contributed by atoms with Crippen LogP contribution in [0.15, 0.2) is 30.6 Å². The second kappa shape index (κ2) is 5.27. The van der Waals surface area contributed by atoms with E-state index in [4.69, 9.17) is 10.5 Å². The van der Waals surface area contributed by atoms with Crippen LogP contribution in [0.5, 0.6) is 5.75 Å². The molecule has 92 valence electrons. The molecule has 5 heteroatoms. The number of anilines is 1. The number of benzene rings is 1. The Hall–Kier alpha value is -2.43. The van der Waals surface area contributed by atoms with E-state index < -0.39 is 0 Å². The SMILES string of the molecule is COc1cc(C=Cc2cnc(N)nc2)ccc1F. The molecule has 2 rings (SSSR count). The fourth-order valence-corrected chi connectivity index (χ4v) is 1.41. The summed E-state index contributed by atoms with van der Waals surface area (Å²) >= 11 is 0. The summed E-state index contributed by atoms with van der Waals surface area (Å²) in [5, 5.41) is 0. The Bertz CT molecular complexity index is 567. The highest BCUT2D eigenvalue weighted by Gasteiger charge is 2.01. The van der Waals surface area contributed by atoms with E-state index in [1.807, 2.05) is 12.2 Å². The van der Waals surface area contributed by atoms with E-state index in [0.29, 0.717) is 0 Å². The molecule has 18 heavy (non-hydrogen) atoms. The third-order valence-electron chi connectivity index (χ3n) is 2.34. The third-order valence-corrected chi connectivity index (χ3v) is 2.34. The number of ether oxygens (including phenoxy) is 1. The number of halogens is 1. The molecule has 2 N–H and O–H groups in total. The fourth-order valence-electron chi connectivity index (χ4n) is 1.41. The largest absolute Gasteiger partial charge is 0.494 e. The van der Waals surface area contributed by atoms with Crippen molar-refractivity contribution < 1.29 is 9.13 Å². The first-order chi connectivity index (χ1) is 8.69. The van der Waals surface area contributed by atoms with Gasteiger partial charge in [-0.2, -0.15) is 0 Å². The Morgan fingerprint density at radius 1 is 1.17 bits per heavy atom. The van der Waals surface area contributed by atoms with Crippen molar-refractivity contribution in [2.45, 2.75) is 0 Å². The molecule has 4 nitrogen and oxygen atoms in total. The van der Waals surface area contributed by atoms with Crippen molar-refractivity contribution in [3.63, 3.8) is 0 Å². The van der Waals surface area contributed by atoms with Gasteiger partial charge in [0, 0.05) is 18.0 Å². The minimum atomic E-state index is -0.384. The topological polar surface area (TPSA) is 61.0 Å². The lowest BCUT2D eigenvalue weighted by Gasteiger charge is -2.02. The zero-order valence-electron chi connectivity index (χ0n) is 9.80. The lowest BCUT2D eigenvalue weighted by atomic mass is 10.1. The van der Waals surface area contributed by atoms with Crippen molar-refractivity contribution in [2.75, 3.05) is 12.8 Å². The molecule has 0 spiro atoms. The minimum absolute atomic E-state index is 0.214. The van der Waals surface area contributed by atoms with Crippen LogP contribution in [-0.4, -0.2) is 17.1 Å². The second-order valence-electron chi connectivity index (χ2n) is 3.60. The zero-order chi connectivity index (χ0) is 13.0. The zero-order valence-corrected chi connectivity index (χ0v) is 9.80. The van der Waals surface area contributed by atoms with Crippen molar-refractivity contribution in [1.82, 2.24) is 9.97 Å². The van der Waals surface area contributed by atoms with E-state index in [0.717, 1.165) is 11.1 Å². The number of hydrogen-bond donors (Lipinski definition) is 1. The average Bonchev–Trinajstić information content (AvgIpc) is 2.39. The summed E-state index contributed by atoms with van der Waals surface area (Å²) in [4.78, 5) is 7.74. The Balaban J connectivity index is 2.20. The van der Waals surface area contributed by atoms with Crippen LogP contribution in [-0.2, 0) is 0 Å². The molecule has 1 aromatic carbocycles. The molecule has 0 fully saturated rings. The van der Waals surface area contributed by atoms with Crippen LogP contribution in [0.25, 0.3) is 12.2 Å². The van der Waals surface area contributed by atoms with E-state index in [1.54, 1.807) is 24.5 Å². The van der Waals surface area contributed by atoms with E-state index in [-0.39, 0.29) is 17.5 Å². The Morgan fingerprint density at radius 3 is 2.50 bits per heavy atom. The van der Waals surface area contributed by atoms with E-state index in [9.17, 15) is 4.39 Å². The van der Waals surface area contributed by atoms with Gasteiger partial charge in [0.1, 0.15) is 0 Å². The van der Waals surface area contributed by atoms with Crippen LogP contribution >= 0.6 is 0 Å². The number of nitrogens with two attached hydrogens (primary N) is 1. The van der Waals surface area contributed by atoms with E-state index in [2.05, 4.69) is 9.97 Å². The van der Waals surface area contributed by atoms with Gasteiger partial charge in [-0.15, -0.1) is 0 Å². The normalized spacial score (nSPS) is 10.8. The van der Waals surface area contributed by atoms with Crippen molar-refractivity contribution in [3.05, 3.63) is 47.5 Å². The fraction of sp³-hybridized carbons (Fsp3) is 0.0769. The summed E-state index contributed by atoms with van der Waals surface area (Å²) in [5.41, 5.74) is 7.02. The molecule has 0 saturated carbocycles. The predicted molar refractivity (Wildman–Crippen MR) is 68.3 cm³/mol. The molecular formula is C13H12FN3O. The van der Waals surface area contributed by atoms with Gasteiger partial charge >= 0.3 is 0 Å². The predicted octanol–water partition coefficient (Wildman–Crippen LogP) is 2.38. The molecule has 0 amide bonds. The monoisotopic (exact) mass is 245 g/mol. The summed E-state index contributed by atoms with van der Waals surface area (Å²) in [6, 6.07) is 4.63. The van der Waals surface area contributed by atoms with Gasteiger partial charge in [-0.3, -0.25) is 0 Å². The molecule has 0 radical (unpaired) electrons. The maximum atomic E-state index is 13.2. The van der Waals surface area contributed by atoms with Gasteiger partial charge in [-0.05, 0) is 17.7 Å². The number of nitrogen functional groups attached to an aromatic ring is 1. The molecular weight excluding hydrogens is 233 g/mol. The molecule has 0 atom stereocenters. The van der Waals surface area contributed by atoms with Crippen LogP contribution in [0.4, 0.5) is 10.3 Å². The molecule has 0 aliphatic carbocycles. The van der Waals surface area contributed by atoms with E-state index in [1.165, 1.54) is 13.2 Å². The molecule has 2 aromatic rings. The van der Waals surface area contributed by atoms with Crippen LogP contribution < -0.4 is 10.5 Å². The lowest BCUT2D eigenvalue weighted by molar-refractivity contribution is 0.386. The maximum absolute atomic E-state index is 13.2. The number of hydrogen-bond acceptors (Lipinski definition) is 4. The number of aromatic nitrogens is 2. The van der Waals surface area contributed by atoms with Crippen molar-refractivity contribution in [1.29, 1.82) is 0 Å². The van der Waals surface area contributed by atoms with Gasteiger partial charge in [0.05, 0.1) is 7.11 Å². The highest BCUT2D eigenvalue weighted by molar-refractivity contribution is 5.69. The van der Waals surface area contributed by atoms with Crippen LogP contribution in [0.1, 0.15) is 11.1 Å². The lowest BCUT2D eigenvalue weighted by Crippen LogP contribution is -1.93. The van der Waals surface area contributed by atoms with Crippen LogP contribution in [0.3, 0.4) is 0 Å². The quantitative estimate of drug-likeness (QED) is 0.901. The standard InChI is InChI=1S/C13H12FN3O/c1-18-12-6-9(4-5-11(12)14)2-3-10-7-16-13(15)17-8-10/h2-8H,1H3,(H2,15,16,17). The number of nitrogens with zero attached hydrogens (tertiary/aromatic N) is 2. The number of rotatable bonds is 3. The molecule has 0 saturated heterocycles. The molecule has 0 bridgehead atoms. The molecule has 0 unspecified atom stereocenters. The van der Waals surface area contributed by atoms with Crippen molar-refractivity contribution in [2.24, 2.45) is 0 Å².